The van der Waals surface area contributed by atoms with E-state index in [9.17, 15) is 9.90 Å². The van der Waals surface area contributed by atoms with Crippen LogP contribution in [0.1, 0.15) is 30.1 Å². The maximum absolute atomic E-state index is 10.9. The molecule has 1 rings (SSSR count). The highest BCUT2D eigenvalue weighted by Gasteiger charge is 2.05. The molecule has 0 saturated carbocycles. The van der Waals surface area contributed by atoms with E-state index >= 15 is 0 Å². The molecule has 0 spiro atoms. The normalized spacial score (nSPS) is 12.1. The number of quaternary nitrogens is 1. The summed E-state index contributed by atoms with van der Waals surface area (Å²) in [6.45, 7) is 4.66. The van der Waals surface area contributed by atoms with Crippen molar-refractivity contribution < 1.29 is 19.5 Å². The van der Waals surface area contributed by atoms with Gasteiger partial charge < -0.3 is 19.5 Å². The zero-order valence-electron chi connectivity index (χ0n) is 11.1. The Kier molecular flexibility index (Phi) is 6.22. The van der Waals surface area contributed by atoms with E-state index < -0.39 is 5.97 Å². The zero-order valence-corrected chi connectivity index (χ0v) is 11.1. The average molecular weight is 251 g/mol. The number of carbonyl (C=O) groups is 1. The van der Waals surface area contributed by atoms with Gasteiger partial charge in [-0.2, -0.15) is 0 Å². The van der Waals surface area contributed by atoms with Crippen LogP contribution >= 0.6 is 0 Å². The van der Waals surface area contributed by atoms with Crippen molar-refractivity contribution in [1.82, 2.24) is 0 Å². The Labute approximate surface area is 108 Å². The van der Waals surface area contributed by atoms with Crippen molar-refractivity contribution in [2.75, 3.05) is 26.7 Å². The zero-order chi connectivity index (χ0) is 13.4. The lowest BCUT2D eigenvalue weighted by Gasteiger charge is -2.15. The number of carbonyl (C=O) groups excluding carboxylic acids is 1. The maximum Gasteiger partial charge on any atom is 0.137 e. The number of nitrogens with one attached hydrogen (secondary N) is 1. The van der Waals surface area contributed by atoms with Crippen LogP contribution in [0.25, 0.3) is 0 Å². The standard InChI is InChI=1S/C14H21NO3/c1-3-4-9-15(2)10-11-18-13-8-6-5-7-12(13)14(16)17/h5-8H,3-4,9-11H2,1-2H3,(H,16,17). The summed E-state index contributed by atoms with van der Waals surface area (Å²) in [6, 6.07) is 6.58. The van der Waals surface area contributed by atoms with E-state index in [1.165, 1.54) is 23.8 Å². The first-order chi connectivity index (χ1) is 8.65. The van der Waals surface area contributed by atoms with E-state index in [1.807, 2.05) is 0 Å². The van der Waals surface area contributed by atoms with Gasteiger partial charge in [0.05, 0.1) is 19.6 Å². The summed E-state index contributed by atoms with van der Waals surface area (Å²) in [6.07, 6.45) is 2.38. The topological polar surface area (TPSA) is 53.8 Å². The number of aromatic carboxylic acids is 1. The van der Waals surface area contributed by atoms with Gasteiger partial charge in [0.1, 0.15) is 18.9 Å². The van der Waals surface area contributed by atoms with Gasteiger partial charge in [0.15, 0.2) is 0 Å². The fourth-order valence-electron chi connectivity index (χ4n) is 1.70. The first-order valence-corrected chi connectivity index (χ1v) is 6.39. The van der Waals surface area contributed by atoms with Gasteiger partial charge in [-0.1, -0.05) is 25.5 Å². The monoisotopic (exact) mass is 251 g/mol. The summed E-state index contributed by atoms with van der Waals surface area (Å²) < 4.78 is 5.51. The highest BCUT2D eigenvalue weighted by atomic mass is 16.5. The Morgan fingerprint density at radius 1 is 1.33 bits per heavy atom. The molecule has 0 radical (unpaired) electrons. The van der Waals surface area contributed by atoms with Crippen LogP contribution in [-0.2, 0) is 0 Å². The van der Waals surface area contributed by atoms with Crippen molar-refractivity contribution in [3.8, 4) is 5.75 Å². The SMILES string of the molecule is CCCC[NH+](C)CCOc1ccccc1C(=O)[O-]. The van der Waals surface area contributed by atoms with Gasteiger partial charge in [0.2, 0.25) is 0 Å². The number of para-hydroxylation sites is 1. The van der Waals surface area contributed by atoms with Crippen LogP contribution < -0.4 is 14.7 Å². The molecule has 1 N–H and O–H groups in total. The van der Waals surface area contributed by atoms with E-state index in [0.717, 1.165) is 13.1 Å². The van der Waals surface area contributed by atoms with Crippen LogP contribution in [0.3, 0.4) is 0 Å². The van der Waals surface area contributed by atoms with E-state index in [2.05, 4.69) is 14.0 Å². The smallest absolute Gasteiger partial charge is 0.137 e. The van der Waals surface area contributed by atoms with Gasteiger partial charge in [-0.3, -0.25) is 0 Å². The van der Waals surface area contributed by atoms with Crippen LogP contribution in [0.2, 0.25) is 0 Å². The largest absolute Gasteiger partial charge is 0.545 e. The Morgan fingerprint density at radius 3 is 2.72 bits per heavy atom. The van der Waals surface area contributed by atoms with Gasteiger partial charge >= 0.3 is 0 Å². The Morgan fingerprint density at radius 2 is 2.06 bits per heavy atom. The highest BCUT2D eigenvalue weighted by Crippen LogP contribution is 2.16. The van der Waals surface area contributed by atoms with Gasteiger partial charge in [0.25, 0.3) is 0 Å². The number of hydrogen-bond donors (Lipinski definition) is 1. The third kappa shape index (κ3) is 4.75. The van der Waals surface area contributed by atoms with Crippen LogP contribution in [0.5, 0.6) is 5.75 Å². The molecule has 1 atom stereocenters. The van der Waals surface area contributed by atoms with Crippen LogP contribution in [0.4, 0.5) is 0 Å². The second kappa shape index (κ2) is 7.71. The molecule has 1 unspecified atom stereocenters. The van der Waals surface area contributed by atoms with Gasteiger partial charge in [-0.25, -0.2) is 0 Å². The summed E-state index contributed by atoms with van der Waals surface area (Å²) in [4.78, 5) is 12.3. The van der Waals surface area contributed by atoms with E-state index in [4.69, 9.17) is 4.74 Å². The van der Waals surface area contributed by atoms with Crippen molar-refractivity contribution in [3.05, 3.63) is 29.8 Å². The molecule has 1 aromatic rings. The number of carboxylic acids is 1. The number of carboxylic acid groups (broad SMARTS) is 1. The summed E-state index contributed by atoms with van der Waals surface area (Å²) >= 11 is 0. The lowest BCUT2D eigenvalue weighted by Crippen LogP contribution is -3.09. The lowest BCUT2D eigenvalue weighted by atomic mass is 10.2. The molecule has 0 aliphatic heterocycles. The third-order valence-corrected chi connectivity index (χ3v) is 2.85. The Hall–Kier alpha value is -1.55. The molecule has 0 aromatic heterocycles. The Balaban J connectivity index is 2.41. The number of rotatable bonds is 8. The molecule has 4 nitrogen and oxygen atoms in total. The minimum absolute atomic E-state index is 0.115. The van der Waals surface area contributed by atoms with Crippen LogP contribution in [-0.4, -0.2) is 32.7 Å². The predicted molar refractivity (Wildman–Crippen MR) is 67.8 cm³/mol. The summed E-state index contributed by atoms with van der Waals surface area (Å²) in [5, 5.41) is 10.9. The first-order valence-electron chi connectivity index (χ1n) is 6.39. The fraction of sp³-hybridized carbons (Fsp3) is 0.500. The van der Waals surface area contributed by atoms with Crippen molar-refractivity contribution in [3.63, 3.8) is 0 Å². The van der Waals surface area contributed by atoms with Gasteiger partial charge in [0, 0.05) is 5.56 Å². The van der Waals surface area contributed by atoms with Gasteiger partial charge in [-0.15, -0.1) is 0 Å². The summed E-state index contributed by atoms with van der Waals surface area (Å²) in [7, 11) is 2.11. The number of unbranched alkanes of at least 4 members (excludes halogenated alkanes) is 1. The number of hydrogen-bond acceptors (Lipinski definition) is 3. The Bertz CT molecular complexity index is 379. The highest BCUT2D eigenvalue weighted by molar-refractivity contribution is 5.89. The molecular weight excluding hydrogens is 230 g/mol. The minimum atomic E-state index is -1.20. The molecule has 0 aliphatic carbocycles. The van der Waals surface area contributed by atoms with Crippen molar-refractivity contribution in [2.24, 2.45) is 0 Å². The van der Waals surface area contributed by atoms with Crippen LogP contribution in [0.15, 0.2) is 24.3 Å². The molecule has 4 heteroatoms. The molecule has 18 heavy (non-hydrogen) atoms. The third-order valence-electron chi connectivity index (χ3n) is 2.85. The van der Waals surface area contributed by atoms with E-state index in [1.54, 1.807) is 18.2 Å². The lowest BCUT2D eigenvalue weighted by molar-refractivity contribution is -0.879. The quantitative estimate of drug-likeness (QED) is 0.693. The second-order valence-corrected chi connectivity index (χ2v) is 4.44. The van der Waals surface area contributed by atoms with Crippen LogP contribution in [0, 0.1) is 0 Å². The van der Waals surface area contributed by atoms with Gasteiger partial charge in [-0.05, 0) is 18.6 Å². The van der Waals surface area contributed by atoms with Crippen molar-refractivity contribution >= 4 is 5.97 Å². The summed E-state index contributed by atoms with van der Waals surface area (Å²) in [5.74, 6) is -0.807. The molecule has 0 saturated heterocycles. The van der Waals surface area contributed by atoms with E-state index in [0.29, 0.717) is 12.4 Å². The molecule has 1 aromatic carbocycles. The molecule has 0 aliphatic rings. The van der Waals surface area contributed by atoms with Crippen molar-refractivity contribution in [1.29, 1.82) is 0 Å². The molecule has 100 valence electrons. The van der Waals surface area contributed by atoms with E-state index in [-0.39, 0.29) is 5.56 Å². The predicted octanol–water partition coefficient (Wildman–Crippen LogP) is -0.256. The molecular formula is C14H21NO3. The minimum Gasteiger partial charge on any atom is -0.545 e. The number of ether oxygens (including phenoxy) is 1. The second-order valence-electron chi connectivity index (χ2n) is 4.44. The fourth-order valence-corrected chi connectivity index (χ4v) is 1.70. The molecule has 0 heterocycles. The summed E-state index contributed by atoms with van der Waals surface area (Å²) in [5.41, 5.74) is 0.115. The molecule has 0 fully saturated rings. The number of benzene rings is 1. The molecule has 0 bridgehead atoms. The first kappa shape index (κ1) is 14.5. The maximum atomic E-state index is 10.9. The number of likely N-dealkylation sites (N-methyl/N-ethyl adjacent to an activating group) is 1. The average Bonchev–Trinajstić information content (AvgIpc) is 2.36. The molecule has 0 amide bonds. The van der Waals surface area contributed by atoms with Crippen molar-refractivity contribution in [2.45, 2.75) is 19.8 Å².